The zero-order chi connectivity index (χ0) is 27.3. The highest BCUT2D eigenvalue weighted by atomic mass is 16.2. The van der Waals surface area contributed by atoms with Crippen molar-refractivity contribution >= 4 is 11.8 Å². The largest absolute Gasteiger partial charge is 0.400 e. The van der Waals surface area contributed by atoms with Gasteiger partial charge in [-0.05, 0) is 78.3 Å². The number of rotatable bonds is 9. The van der Waals surface area contributed by atoms with Gasteiger partial charge in [0.2, 0.25) is 0 Å². The lowest BCUT2D eigenvalue weighted by Gasteiger charge is -2.12. The van der Waals surface area contributed by atoms with Crippen molar-refractivity contribution in [3.8, 4) is 11.1 Å². The molecule has 4 rings (SSSR count). The van der Waals surface area contributed by atoms with Crippen molar-refractivity contribution in [1.82, 2.24) is 20.5 Å². The molecule has 3 N–H and O–H groups in total. The molecule has 196 valence electrons. The highest BCUT2D eigenvalue weighted by Crippen LogP contribution is 2.18. The fourth-order valence-corrected chi connectivity index (χ4v) is 3.95. The second-order valence-corrected chi connectivity index (χ2v) is 8.94. The zero-order valence-corrected chi connectivity index (χ0v) is 22.0. The third kappa shape index (κ3) is 8.37. The predicted molar refractivity (Wildman–Crippen MR) is 150 cm³/mol. The number of pyridine rings is 1. The number of carbonyl (C=O) groups is 2. The molecule has 38 heavy (non-hydrogen) atoms. The Labute approximate surface area is 224 Å². The molecular formula is C31H34N4O3. The van der Waals surface area contributed by atoms with Crippen molar-refractivity contribution in [2.24, 2.45) is 0 Å². The molecule has 0 fully saturated rings. The summed E-state index contributed by atoms with van der Waals surface area (Å²) >= 11 is 0. The Morgan fingerprint density at radius 3 is 1.84 bits per heavy atom. The molecule has 0 bridgehead atoms. The van der Waals surface area contributed by atoms with Crippen LogP contribution in [0.2, 0.25) is 0 Å². The Balaban J connectivity index is 0.00000195. The molecule has 1 aromatic heterocycles. The Hall–Kier alpha value is -4.33. The van der Waals surface area contributed by atoms with E-state index in [2.05, 4.69) is 32.7 Å². The second kappa shape index (κ2) is 14.4. The van der Waals surface area contributed by atoms with Crippen LogP contribution >= 0.6 is 0 Å². The van der Waals surface area contributed by atoms with Gasteiger partial charge in [-0.15, -0.1) is 0 Å². The average Bonchev–Trinajstić information content (AvgIpc) is 2.96. The molecule has 0 unspecified atom stereocenters. The first kappa shape index (κ1) is 28.2. The molecule has 4 aromatic rings. The van der Waals surface area contributed by atoms with Crippen LogP contribution in [0.15, 0.2) is 97.3 Å². The standard InChI is InChI=1S/C30H30N4O2.CH4O/c1-34(2)21-24-7-3-5-22(17-24)19-33-30(36)28-8-4-6-23(18-28)20-32-29(35)27-11-9-25(10-12-27)26-13-15-31-16-14-26;1-2/h3-18H,19-21H2,1-2H3,(H,32,35)(H,33,36);2H,1H3. The topological polar surface area (TPSA) is 94.6 Å². The highest BCUT2D eigenvalue weighted by Gasteiger charge is 2.09. The Morgan fingerprint density at radius 1 is 0.684 bits per heavy atom. The van der Waals surface area contributed by atoms with Crippen molar-refractivity contribution in [2.75, 3.05) is 21.2 Å². The quantitative estimate of drug-likeness (QED) is 0.313. The van der Waals surface area contributed by atoms with E-state index in [1.54, 1.807) is 18.5 Å². The molecule has 7 nitrogen and oxygen atoms in total. The first-order chi connectivity index (χ1) is 18.5. The smallest absolute Gasteiger partial charge is 0.251 e. The number of benzene rings is 3. The van der Waals surface area contributed by atoms with E-state index in [4.69, 9.17) is 5.11 Å². The van der Waals surface area contributed by atoms with E-state index in [1.807, 2.05) is 80.8 Å². The van der Waals surface area contributed by atoms with E-state index in [0.29, 0.717) is 24.2 Å². The minimum atomic E-state index is -0.163. The summed E-state index contributed by atoms with van der Waals surface area (Å²) in [7, 11) is 5.06. The molecule has 0 spiro atoms. The van der Waals surface area contributed by atoms with Crippen LogP contribution in [0, 0.1) is 0 Å². The molecule has 0 aliphatic heterocycles. The third-order valence-electron chi connectivity index (χ3n) is 5.75. The van der Waals surface area contributed by atoms with Gasteiger partial charge in [0, 0.05) is 50.3 Å². The minimum Gasteiger partial charge on any atom is -0.400 e. The number of nitrogens with zero attached hydrogens (tertiary/aromatic N) is 2. The van der Waals surface area contributed by atoms with E-state index in [0.717, 1.165) is 35.9 Å². The molecule has 0 aliphatic rings. The normalized spacial score (nSPS) is 10.3. The van der Waals surface area contributed by atoms with Crippen molar-refractivity contribution in [2.45, 2.75) is 19.6 Å². The maximum atomic E-state index is 12.7. The van der Waals surface area contributed by atoms with Crippen LogP contribution in [0.25, 0.3) is 11.1 Å². The SMILES string of the molecule is CN(C)Cc1cccc(CNC(=O)c2cccc(CNC(=O)c3ccc(-c4ccncc4)cc3)c2)c1.CO. The summed E-state index contributed by atoms with van der Waals surface area (Å²) in [6.45, 7) is 1.64. The van der Waals surface area contributed by atoms with E-state index in [9.17, 15) is 9.59 Å². The summed E-state index contributed by atoms with van der Waals surface area (Å²) in [5, 5.41) is 12.9. The first-order valence-electron chi connectivity index (χ1n) is 12.3. The number of amides is 2. The molecule has 3 aromatic carbocycles. The molecule has 2 amide bonds. The van der Waals surface area contributed by atoms with Crippen LogP contribution in [0.5, 0.6) is 0 Å². The van der Waals surface area contributed by atoms with Crippen LogP contribution in [-0.2, 0) is 19.6 Å². The minimum absolute atomic E-state index is 0.145. The zero-order valence-electron chi connectivity index (χ0n) is 22.0. The lowest BCUT2D eigenvalue weighted by Crippen LogP contribution is -2.24. The number of aromatic nitrogens is 1. The Kier molecular flexibility index (Phi) is 10.7. The lowest BCUT2D eigenvalue weighted by molar-refractivity contribution is 0.0945. The first-order valence-corrected chi connectivity index (χ1v) is 12.3. The van der Waals surface area contributed by atoms with Crippen molar-refractivity contribution < 1.29 is 14.7 Å². The summed E-state index contributed by atoms with van der Waals surface area (Å²) in [6, 6.07) is 26.8. The number of aliphatic hydroxyl groups excluding tert-OH is 1. The summed E-state index contributed by atoms with van der Waals surface area (Å²) in [4.78, 5) is 31.5. The van der Waals surface area contributed by atoms with Crippen LogP contribution in [0.4, 0.5) is 0 Å². The van der Waals surface area contributed by atoms with Gasteiger partial charge in [-0.3, -0.25) is 14.6 Å². The maximum absolute atomic E-state index is 12.7. The van der Waals surface area contributed by atoms with Gasteiger partial charge in [-0.25, -0.2) is 0 Å². The highest BCUT2D eigenvalue weighted by molar-refractivity contribution is 5.95. The lowest BCUT2D eigenvalue weighted by atomic mass is 10.0. The summed E-state index contributed by atoms with van der Waals surface area (Å²) in [5.74, 6) is -0.309. The van der Waals surface area contributed by atoms with Gasteiger partial charge in [-0.2, -0.15) is 0 Å². The van der Waals surface area contributed by atoms with Gasteiger partial charge < -0.3 is 20.6 Å². The Bertz CT molecular complexity index is 1320. The molecule has 0 saturated carbocycles. The van der Waals surface area contributed by atoms with Gasteiger partial charge in [0.05, 0.1) is 0 Å². The number of hydrogen-bond acceptors (Lipinski definition) is 5. The second-order valence-electron chi connectivity index (χ2n) is 8.94. The van der Waals surface area contributed by atoms with E-state index >= 15 is 0 Å². The van der Waals surface area contributed by atoms with Gasteiger partial charge >= 0.3 is 0 Å². The fourth-order valence-electron chi connectivity index (χ4n) is 3.95. The summed E-state index contributed by atoms with van der Waals surface area (Å²) in [6.07, 6.45) is 3.49. The number of aliphatic hydroxyl groups is 1. The van der Waals surface area contributed by atoms with Gasteiger partial charge in [0.1, 0.15) is 0 Å². The van der Waals surface area contributed by atoms with Crippen LogP contribution in [-0.4, -0.2) is 48.0 Å². The van der Waals surface area contributed by atoms with Gasteiger partial charge in [0.25, 0.3) is 11.8 Å². The summed E-state index contributed by atoms with van der Waals surface area (Å²) < 4.78 is 0. The molecular weight excluding hydrogens is 476 g/mol. The third-order valence-corrected chi connectivity index (χ3v) is 5.75. The van der Waals surface area contributed by atoms with Gasteiger partial charge in [-0.1, -0.05) is 48.5 Å². The predicted octanol–water partition coefficient (Wildman–Crippen LogP) is 4.28. The van der Waals surface area contributed by atoms with Crippen molar-refractivity contribution in [3.05, 3.63) is 125 Å². The molecule has 0 radical (unpaired) electrons. The number of carbonyl (C=O) groups excluding carboxylic acids is 2. The molecule has 7 heteroatoms. The van der Waals surface area contributed by atoms with Crippen LogP contribution < -0.4 is 10.6 Å². The van der Waals surface area contributed by atoms with Crippen molar-refractivity contribution in [3.63, 3.8) is 0 Å². The van der Waals surface area contributed by atoms with Gasteiger partial charge in [0.15, 0.2) is 0 Å². The van der Waals surface area contributed by atoms with Crippen LogP contribution in [0.3, 0.4) is 0 Å². The summed E-state index contributed by atoms with van der Waals surface area (Å²) in [5.41, 5.74) is 6.34. The molecule has 0 aliphatic carbocycles. The van der Waals surface area contributed by atoms with Crippen molar-refractivity contribution in [1.29, 1.82) is 0 Å². The maximum Gasteiger partial charge on any atom is 0.251 e. The molecule has 0 saturated heterocycles. The fraction of sp³-hybridized carbons (Fsp3) is 0.194. The average molecular weight is 511 g/mol. The molecule has 1 heterocycles. The van der Waals surface area contributed by atoms with E-state index < -0.39 is 0 Å². The molecule has 0 atom stereocenters. The Morgan fingerprint density at radius 2 is 1.21 bits per heavy atom. The number of hydrogen-bond donors (Lipinski definition) is 3. The monoisotopic (exact) mass is 510 g/mol. The van der Waals surface area contributed by atoms with Crippen LogP contribution in [0.1, 0.15) is 37.4 Å². The van der Waals surface area contributed by atoms with E-state index in [-0.39, 0.29) is 11.8 Å². The number of nitrogens with one attached hydrogen (secondary N) is 2. The van der Waals surface area contributed by atoms with E-state index in [1.165, 1.54) is 5.56 Å².